The molecule has 2 aliphatic heterocycles. The third-order valence-electron chi connectivity index (χ3n) is 4.89. The fraction of sp³-hybridized carbons (Fsp3) is 0.300. The van der Waals surface area contributed by atoms with Crippen LogP contribution >= 0.6 is 39.3 Å². The van der Waals surface area contributed by atoms with Gasteiger partial charge in [0.25, 0.3) is 5.91 Å². The Balaban J connectivity index is 1.67. The van der Waals surface area contributed by atoms with Crippen LogP contribution in [0.3, 0.4) is 0 Å². The lowest BCUT2D eigenvalue weighted by Crippen LogP contribution is -2.38. The van der Waals surface area contributed by atoms with Crippen molar-refractivity contribution in [3.05, 3.63) is 63.1 Å². The first-order chi connectivity index (χ1) is 13.7. The van der Waals surface area contributed by atoms with Crippen LogP contribution in [-0.2, 0) is 21.1 Å². The number of amidine groups is 1. The van der Waals surface area contributed by atoms with Crippen molar-refractivity contribution in [1.29, 1.82) is 0 Å². The van der Waals surface area contributed by atoms with Gasteiger partial charge in [-0.3, -0.25) is 4.79 Å². The lowest BCUT2D eigenvalue weighted by Gasteiger charge is -2.25. The number of sulfone groups is 1. The second kappa shape index (κ2) is 8.06. The van der Waals surface area contributed by atoms with Gasteiger partial charge in [-0.15, -0.1) is 0 Å². The summed E-state index contributed by atoms with van der Waals surface area (Å²) in [5, 5.41) is 0.825. The number of nitrogens with zero attached hydrogens (tertiary/aromatic N) is 2. The molecule has 9 heteroatoms. The van der Waals surface area contributed by atoms with Crippen LogP contribution in [0.15, 0.2) is 51.9 Å². The Hall–Kier alpha value is -1.35. The molecule has 2 aromatic rings. The number of aliphatic imine (C=N–C) groups is 1. The zero-order valence-electron chi connectivity index (χ0n) is 15.5. The summed E-state index contributed by atoms with van der Waals surface area (Å²) < 4.78 is 25.2. The van der Waals surface area contributed by atoms with Gasteiger partial charge in [0.15, 0.2) is 15.0 Å². The second-order valence-corrected chi connectivity index (χ2v) is 11.9. The Kier molecular flexibility index (Phi) is 5.81. The first-order valence-corrected chi connectivity index (χ1v) is 12.9. The quantitative estimate of drug-likeness (QED) is 0.614. The monoisotopic (exact) mass is 512 g/mol. The molecule has 0 bridgehead atoms. The number of amides is 1. The minimum atomic E-state index is -3.13. The van der Waals surface area contributed by atoms with Crippen molar-refractivity contribution >= 4 is 65.9 Å². The van der Waals surface area contributed by atoms with Gasteiger partial charge in [-0.25, -0.2) is 8.42 Å². The lowest BCUT2D eigenvalue weighted by molar-refractivity contribution is -0.117. The molecule has 1 amide bonds. The van der Waals surface area contributed by atoms with Gasteiger partial charge < -0.3 is 4.90 Å². The second-order valence-electron chi connectivity index (χ2n) is 7.22. The number of thioether (sulfide) groups is 1. The lowest BCUT2D eigenvalue weighted by atomic mass is 10.1. The van der Waals surface area contributed by atoms with Crippen molar-refractivity contribution in [2.24, 2.45) is 4.99 Å². The number of hydrogen-bond donors (Lipinski definition) is 0. The maximum atomic E-state index is 12.7. The standard InChI is InChI=1S/C20H18BrClN2O3S2/c1-12-3-2-4-13(7-12)8-19(25)23-20-24(16-6-5-14(21)9-15(16)22)17-10-29(26,27)11-18(17)28-20/h2-7,9,17-18H,8,10-11H2,1H3/t17-,18+/m0/s1. The van der Waals surface area contributed by atoms with Gasteiger partial charge in [0, 0.05) is 9.72 Å². The van der Waals surface area contributed by atoms with Crippen LogP contribution in [0, 0.1) is 6.92 Å². The van der Waals surface area contributed by atoms with Gasteiger partial charge in [-0.05, 0) is 30.7 Å². The maximum Gasteiger partial charge on any atom is 0.252 e. The molecule has 4 rings (SSSR count). The Bertz CT molecular complexity index is 1120. The van der Waals surface area contributed by atoms with E-state index in [1.54, 1.807) is 6.07 Å². The third-order valence-corrected chi connectivity index (χ3v) is 8.90. The molecule has 2 fully saturated rings. The molecule has 2 heterocycles. The van der Waals surface area contributed by atoms with Crippen LogP contribution in [0.25, 0.3) is 0 Å². The molecule has 2 aliphatic rings. The number of fused-ring (bicyclic) bond motifs is 1. The Morgan fingerprint density at radius 3 is 2.79 bits per heavy atom. The summed E-state index contributed by atoms with van der Waals surface area (Å²) in [6, 6.07) is 12.9. The number of benzene rings is 2. The molecule has 0 aliphatic carbocycles. The minimum Gasteiger partial charge on any atom is -0.314 e. The summed E-state index contributed by atoms with van der Waals surface area (Å²) in [7, 11) is -3.13. The van der Waals surface area contributed by atoms with Gasteiger partial charge in [-0.1, -0.05) is 69.1 Å². The average Bonchev–Trinajstić information content (AvgIpc) is 3.06. The highest BCUT2D eigenvalue weighted by Gasteiger charge is 2.49. The normalized spacial score (nSPS) is 24.1. The van der Waals surface area contributed by atoms with E-state index in [9.17, 15) is 13.2 Å². The van der Waals surface area contributed by atoms with Crippen molar-refractivity contribution in [2.75, 3.05) is 16.4 Å². The number of rotatable bonds is 3. The summed E-state index contributed by atoms with van der Waals surface area (Å²) in [5.41, 5.74) is 2.65. The molecule has 0 N–H and O–H groups in total. The highest BCUT2D eigenvalue weighted by Crippen LogP contribution is 2.43. The number of carbonyl (C=O) groups excluding carboxylic acids is 1. The van der Waals surface area contributed by atoms with Crippen LogP contribution in [-0.4, -0.2) is 42.3 Å². The van der Waals surface area contributed by atoms with Gasteiger partial charge in [0.1, 0.15) is 0 Å². The van der Waals surface area contributed by atoms with E-state index in [1.807, 2.05) is 48.2 Å². The fourth-order valence-electron chi connectivity index (χ4n) is 3.67. The van der Waals surface area contributed by atoms with Gasteiger partial charge in [-0.2, -0.15) is 4.99 Å². The molecule has 2 saturated heterocycles. The predicted molar refractivity (Wildman–Crippen MR) is 123 cm³/mol. The number of halogens is 2. The molecule has 2 aromatic carbocycles. The molecular formula is C20H18BrClN2O3S2. The Morgan fingerprint density at radius 1 is 1.28 bits per heavy atom. The van der Waals surface area contributed by atoms with E-state index >= 15 is 0 Å². The van der Waals surface area contributed by atoms with E-state index in [0.717, 1.165) is 15.6 Å². The van der Waals surface area contributed by atoms with Gasteiger partial charge in [0.2, 0.25) is 0 Å². The summed E-state index contributed by atoms with van der Waals surface area (Å²) >= 11 is 11.2. The SMILES string of the molecule is Cc1cccc(CC(=O)N=C2S[C@@H]3CS(=O)(=O)C[C@@H]3N2c2ccc(Br)cc2Cl)c1. The first-order valence-electron chi connectivity index (χ1n) is 9.00. The number of hydrogen-bond acceptors (Lipinski definition) is 4. The highest BCUT2D eigenvalue weighted by molar-refractivity contribution is 9.10. The summed E-state index contributed by atoms with van der Waals surface area (Å²) in [6.45, 7) is 1.98. The number of anilines is 1. The molecular weight excluding hydrogens is 496 g/mol. The summed E-state index contributed by atoms with van der Waals surface area (Å²) in [4.78, 5) is 18.8. The minimum absolute atomic E-state index is 0.0299. The maximum absolute atomic E-state index is 12.7. The number of aryl methyl sites for hydroxylation is 1. The zero-order chi connectivity index (χ0) is 20.8. The van der Waals surface area contributed by atoms with Crippen molar-refractivity contribution in [1.82, 2.24) is 0 Å². The molecule has 0 radical (unpaired) electrons. The molecule has 0 spiro atoms. The molecule has 2 atom stereocenters. The summed E-state index contributed by atoms with van der Waals surface area (Å²) in [6.07, 6.45) is 0.196. The Morgan fingerprint density at radius 2 is 2.07 bits per heavy atom. The predicted octanol–water partition coefficient (Wildman–Crippen LogP) is 4.26. The van der Waals surface area contributed by atoms with Crippen LogP contribution in [0.1, 0.15) is 11.1 Å². The van der Waals surface area contributed by atoms with Crippen LogP contribution in [0.2, 0.25) is 5.02 Å². The van der Waals surface area contributed by atoms with E-state index in [-0.39, 0.29) is 35.1 Å². The third kappa shape index (κ3) is 4.55. The van der Waals surface area contributed by atoms with E-state index in [1.165, 1.54) is 11.8 Å². The fourth-order valence-corrected chi connectivity index (χ4v) is 8.35. The van der Waals surface area contributed by atoms with Crippen molar-refractivity contribution in [3.8, 4) is 0 Å². The largest absolute Gasteiger partial charge is 0.314 e. The topological polar surface area (TPSA) is 66.8 Å². The van der Waals surface area contributed by atoms with E-state index in [0.29, 0.717) is 15.9 Å². The first kappa shape index (κ1) is 20.9. The average molecular weight is 514 g/mol. The van der Waals surface area contributed by atoms with Crippen molar-refractivity contribution < 1.29 is 13.2 Å². The number of carbonyl (C=O) groups is 1. The molecule has 152 valence electrons. The van der Waals surface area contributed by atoms with Crippen LogP contribution < -0.4 is 4.90 Å². The van der Waals surface area contributed by atoms with Gasteiger partial charge in [0.05, 0.1) is 34.7 Å². The Labute approximate surface area is 187 Å². The van der Waals surface area contributed by atoms with E-state index in [4.69, 9.17) is 11.6 Å². The zero-order valence-corrected chi connectivity index (χ0v) is 19.5. The highest BCUT2D eigenvalue weighted by atomic mass is 79.9. The molecule has 5 nitrogen and oxygen atoms in total. The smallest absolute Gasteiger partial charge is 0.252 e. The molecule has 0 unspecified atom stereocenters. The summed E-state index contributed by atoms with van der Waals surface area (Å²) in [5.74, 6) is -0.153. The van der Waals surface area contributed by atoms with E-state index < -0.39 is 9.84 Å². The molecule has 0 aromatic heterocycles. The van der Waals surface area contributed by atoms with Crippen LogP contribution in [0.4, 0.5) is 5.69 Å². The van der Waals surface area contributed by atoms with Gasteiger partial charge >= 0.3 is 0 Å². The van der Waals surface area contributed by atoms with Crippen LogP contribution in [0.5, 0.6) is 0 Å². The van der Waals surface area contributed by atoms with Crippen molar-refractivity contribution in [2.45, 2.75) is 24.6 Å². The van der Waals surface area contributed by atoms with E-state index in [2.05, 4.69) is 20.9 Å². The molecule has 0 saturated carbocycles. The molecule has 29 heavy (non-hydrogen) atoms. The van der Waals surface area contributed by atoms with Crippen molar-refractivity contribution in [3.63, 3.8) is 0 Å².